The quantitative estimate of drug-likeness (QED) is 0.740. The molecule has 1 heterocycles. The zero-order chi connectivity index (χ0) is 10.8. The highest BCUT2D eigenvalue weighted by atomic mass is 19.4. The van der Waals surface area contributed by atoms with Crippen molar-refractivity contribution in [3.63, 3.8) is 0 Å². The molecule has 0 aliphatic heterocycles. The van der Waals surface area contributed by atoms with Gasteiger partial charge in [0.15, 0.2) is 5.82 Å². The van der Waals surface area contributed by atoms with Crippen LogP contribution in [0.4, 0.5) is 19.0 Å². The first-order chi connectivity index (χ1) is 6.45. The Morgan fingerprint density at radius 2 is 2.14 bits per heavy atom. The van der Waals surface area contributed by atoms with E-state index in [4.69, 9.17) is 0 Å². The zero-order valence-corrected chi connectivity index (χ0v) is 7.89. The molecule has 1 aromatic heterocycles. The molecule has 0 radical (unpaired) electrons. The summed E-state index contributed by atoms with van der Waals surface area (Å²) >= 11 is 0. The van der Waals surface area contributed by atoms with Crippen molar-refractivity contribution in [3.8, 4) is 0 Å². The van der Waals surface area contributed by atoms with E-state index >= 15 is 0 Å². The van der Waals surface area contributed by atoms with Crippen LogP contribution in [0.3, 0.4) is 0 Å². The Bertz CT molecular complexity index is 322. The second-order valence-electron chi connectivity index (χ2n) is 2.80. The topological polar surface area (TPSA) is 28.8 Å². The summed E-state index contributed by atoms with van der Waals surface area (Å²) in [6, 6.07) is 0. The van der Waals surface area contributed by atoms with Gasteiger partial charge in [0, 0.05) is 6.54 Å². The molecule has 0 aromatic carbocycles. The number of alkyl halides is 3. The van der Waals surface area contributed by atoms with E-state index in [0.29, 0.717) is 12.4 Å². The Morgan fingerprint density at radius 1 is 1.50 bits per heavy atom. The summed E-state index contributed by atoms with van der Waals surface area (Å²) < 4.78 is 37.9. The van der Waals surface area contributed by atoms with Crippen LogP contribution < -0.4 is 9.88 Å². The molecular weight excluding hydrogens is 195 g/mol. The monoisotopic (exact) mass is 206 g/mol. The molecule has 0 amide bonds. The van der Waals surface area contributed by atoms with Crippen molar-refractivity contribution in [2.24, 2.45) is 7.05 Å². The van der Waals surface area contributed by atoms with Gasteiger partial charge >= 0.3 is 11.9 Å². The molecule has 6 heteroatoms. The van der Waals surface area contributed by atoms with Crippen molar-refractivity contribution in [1.82, 2.24) is 4.98 Å². The minimum atomic E-state index is -4.35. The minimum absolute atomic E-state index is 0.433. The van der Waals surface area contributed by atoms with Crippen LogP contribution in [0.5, 0.6) is 0 Å². The molecule has 0 saturated heterocycles. The van der Waals surface area contributed by atoms with E-state index in [1.165, 1.54) is 13.2 Å². The third kappa shape index (κ3) is 2.34. The molecule has 0 unspecified atom stereocenters. The number of hydrogen-bond donors (Lipinski definition) is 1. The average Bonchev–Trinajstić information content (AvgIpc) is 2.02. The number of rotatable bonds is 2. The van der Waals surface area contributed by atoms with E-state index < -0.39 is 11.9 Å². The van der Waals surface area contributed by atoms with E-state index in [-0.39, 0.29) is 0 Å². The number of aryl methyl sites for hydroxylation is 1. The molecule has 0 aliphatic carbocycles. The van der Waals surface area contributed by atoms with Crippen LogP contribution in [0, 0.1) is 0 Å². The van der Waals surface area contributed by atoms with Crippen LogP contribution in [-0.4, -0.2) is 11.5 Å². The Balaban J connectivity index is 3.02. The smallest absolute Gasteiger partial charge is 0.365 e. The zero-order valence-electron chi connectivity index (χ0n) is 7.89. The van der Waals surface area contributed by atoms with Gasteiger partial charge in [-0.3, -0.25) is 0 Å². The highest BCUT2D eigenvalue weighted by Gasteiger charge is 2.40. The van der Waals surface area contributed by atoms with Gasteiger partial charge in [0.2, 0.25) is 6.20 Å². The molecule has 0 saturated carbocycles. The molecule has 1 N–H and O–H groups in total. The maximum absolute atomic E-state index is 12.3. The third-order valence-corrected chi connectivity index (χ3v) is 1.67. The fraction of sp³-hybridized carbons (Fsp3) is 0.500. The fourth-order valence-corrected chi connectivity index (χ4v) is 1.05. The lowest BCUT2D eigenvalue weighted by molar-refractivity contribution is -0.691. The van der Waals surface area contributed by atoms with E-state index in [9.17, 15) is 13.2 Å². The summed E-state index contributed by atoms with van der Waals surface area (Å²) in [7, 11) is 1.34. The number of anilines is 1. The summed E-state index contributed by atoms with van der Waals surface area (Å²) in [5, 5.41) is 2.83. The normalized spacial score (nSPS) is 11.5. The predicted octanol–water partition coefficient (Wildman–Crippen LogP) is 1.36. The van der Waals surface area contributed by atoms with Gasteiger partial charge in [0.1, 0.15) is 13.2 Å². The van der Waals surface area contributed by atoms with Gasteiger partial charge in [0.05, 0.1) is 0 Å². The lowest BCUT2D eigenvalue weighted by atomic mass is 10.4. The highest BCUT2D eigenvalue weighted by Crippen LogP contribution is 2.25. The lowest BCUT2D eigenvalue weighted by Gasteiger charge is -2.05. The van der Waals surface area contributed by atoms with Crippen LogP contribution in [0.1, 0.15) is 12.6 Å². The highest BCUT2D eigenvalue weighted by molar-refractivity contribution is 5.28. The molecule has 14 heavy (non-hydrogen) atoms. The van der Waals surface area contributed by atoms with Gasteiger partial charge in [-0.15, -0.1) is 0 Å². The molecule has 0 spiro atoms. The van der Waals surface area contributed by atoms with Crippen LogP contribution in [-0.2, 0) is 13.2 Å². The van der Waals surface area contributed by atoms with Gasteiger partial charge < -0.3 is 5.32 Å². The predicted molar refractivity (Wildman–Crippen MR) is 44.6 cm³/mol. The molecule has 0 bridgehead atoms. The van der Waals surface area contributed by atoms with Gasteiger partial charge in [-0.1, -0.05) is 0 Å². The first kappa shape index (κ1) is 10.7. The molecule has 1 aromatic rings. The van der Waals surface area contributed by atoms with E-state index in [2.05, 4.69) is 10.3 Å². The molecule has 1 rings (SSSR count). The number of nitrogens with zero attached hydrogens (tertiary/aromatic N) is 2. The van der Waals surface area contributed by atoms with Crippen molar-refractivity contribution < 1.29 is 17.7 Å². The van der Waals surface area contributed by atoms with E-state index in [1.54, 1.807) is 0 Å². The number of nitrogens with one attached hydrogen (secondary N) is 1. The maximum atomic E-state index is 12.3. The van der Waals surface area contributed by atoms with Crippen LogP contribution in [0.25, 0.3) is 0 Å². The van der Waals surface area contributed by atoms with Crippen molar-refractivity contribution >= 4 is 5.82 Å². The second-order valence-corrected chi connectivity index (χ2v) is 2.80. The van der Waals surface area contributed by atoms with Crippen molar-refractivity contribution in [1.29, 1.82) is 0 Å². The second kappa shape index (κ2) is 3.81. The first-order valence-electron chi connectivity index (χ1n) is 4.12. The SMILES string of the molecule is CCNc1c[n+](C)c(C(F)(F)F)cn1. The van der Waals surface area contributed by atoms with Gasteiger partial charge in [-0.25, -0.2) is 4.98 Å². The third-order valence-electron chi connectivity index (χ3n) is 1.67. The molecule has 3 nitrogen and oxygen atoms in total. The van der Waals surface area contributed by atoms with Gasteiger partial charge in [0.25, 0.3) is 0 Å². The van der Waals surface area contributed by atoms with E-state index in [0.717, 1.165) is 10.8 Å². The molecule has 0 fully saturated rings. The van der Waals surface area contributed by atoms with Crippen molar-refractivity contribution in [3.05, 3.63) is 18.1 Å². The summed E-state index contributed by atoms with van der Waals surface area (Å²) in [4.78, 5) is 3.64. The molecule has 0 aliphatic rings. The fourth-order valence-electron chi connectivity index (χ4n) is 1.05. The Kier molecular flexibility index (Phi) is 2.93. The van der Waals surface area contributed by atoms with Crippen molar-refractivity contribution in [2.45, 2.75) is 13.1 Å². The summed E-state index contributed by atoms with van der Waals surface area (Å²) in [6.45, 7) is 2.47. The first-order valence-corrected chi connectivity index (χ1v) is 4.12. The van der Waals surface area contributed by atoms with Gasteiger partial charge in [-0.05, 0) is 6.92 Å². The summed E-state index contributed by atoms with van der Waals surface area (Å²) in [5.74, 6) is 0.433. The Hall–Kier alpha value is -1.33. The largest absolute Gasteiger partial charge is 0.479 e. The standard InChI is InChI=1S/C8H11F3N3/c1-3-12-7-5-14(2)6(4-13-7)8(9,10)11/h4-5H,3H2,1-2H3,(H,12,13)/q+1. The van der Waals surface area contributed by atoms with Crippen LogP contribution in [0.2, 0.25) is 0 Å². The number of halogens is 3. The van der Waals surface area contributed by atoms with Crippen LogP contribution in [0.15, 0.2) is 12.4 Å². The Labute approximate surface area is 79.6 Å². The summed E-state index contributed by atoms with van der Waals surface area (Å²) in [5.41, 5.74) is -0.765. The number of hydrogen-bond acceptors (Lipinski definition) is 2. The van der Waals surface area contributed by atoms with Crippen molar-refractivity contribution in [2.75, 3.05) is 11.9 Å². The average molecular weight is 206 g/mol. The van der Waals surface area contributed by atoms with Crippen LogP contribution >= 0.6 is 0 Å². The molecule has 78 valence electrons. The van der Waals surface area contributed by atoms with E-state index in [1.807, 2.05) is 6.92 Å². The minimum Gasteiger partial charge on any atom is -0.365 e. The molecule has 0 atom stereocenters. The Morgan fingerprint density at radius 3 is 2.57 bits per heavy atom. The maximum Gasteiger partial charge on any atom is 0.479 e. The lowest BCUT2D eigenvalue weighted by Crippen LogP contribution is -2.38. The van der Waals surface area contributed by atoms with Gasteiger partial charge in [-0.2, -0.15) is 17.7 Å². The molecular formula is C8H11F3N3+. The summed E-state index contributed by atoms with van der Waals surface area (Å²) in [6.07, 6.45) is -2.23. The number of aromatic nitrogens is 2.